The van der Waals surface area contributed by atoms with Gasteiger partial charge in [-0.2, -0.15) is 0 Å². The third kappa shape index (κ3) is 3.31. The van der Waals surface area contributed by atoms with Crippen molar-refractivity contribution in [3.63, 3.8) is 0 Å². The molecule has 2 nitrogen and oxygen atoms in total. The highest BCUT2D eigenvalue weighted by atomic mass is 79.9. The number of rotatable bonds is 2. The second kappa shape index (κ2) is 5.52. The number of thiophene rings is 1. The smallest absolute Gasteiger partial charge is 0.265 e. The highest BCUT2D eigenvalue weighted by molar-refractivity contribution is 9.11. The molecular formula is C11H6Br2ClNOS. The Morgan fingerprint density at radius 1 is 1.24 bits per heavy atom. The van der Waals surface area contributed by atoms with Crippen LogP contribution in [0, 0.1) is 0 Å². The summed E-state index contributed by atoms with van der Waals surface area (Å²) in [5.41, 5.74) is 0.725. The van der Waals surface area contributed by atoms with Crippen molar-refractivity contribution in [1.29, 1.82) is 0 Å². The summed E-state index contributed by atoms with van der Waals surface area (Å²) < 4.78 is 2.37. The van der Waals surface area contributed by atoms with Crippen LogP contribution in [0.1, 0.15) is 9.67 Å². The summed E-state index contributed by atoms with van der Waals surface area (Å²) in [4.78, 5) is 12.5. The summed E-state index contributed by atoms with van der Waals surface area (Å²) in [6.45, 7) is 0. The molecule has 0 spiro atoms. The SMILES string of the molecule is O=C(Nc1ccc(Br)cc1Br)c1ccc(Cl)s1. The molecule has 6 heteroatoms. The summed E-state index contributed by atoms with van der Waals surface area (Å²) in [5, 5.41) is 2.81. The van der Waals surface area contributed by atoms with E-state index in [0.717, 1.165) is 14.6 Å². The molecule has 2 rings (SSSR count). The Morgan fingerprint density at radius 2 is 2.00 bits per heavy atom. The lowest BCUT2D eigenvalue weighted by Crippen LogP contribution is -2.10. The molecule has 0 aliphatic heterocycles. The van der Waals surface area contributed by atoms with E-state index < -0.39 is 0 Å². The molecule has 1 aromatic heterocycles. The van der Waals surface area contributed by atoms with Crippen LogP contribution in [-0.4, -0.2) is 5.91 Å². The molecule has 0 aliphatic carbocycles. The zero-order valence-corrected chi connectivity index (χ0v) is 13.1. The molecule has 0 aliphatic rings. The van der Waals surface area contributed by atoms with Crippen LogP contribution in [0.25, 0.3) is 0 Å². The summed E-state index contributed by atoms with van der Waals surface area (Å²) in [5.74, 6) is -0.162. The van der Waals surface area contributed by atoms with Crippen molar-refractivity contribution in [3.8, 4) is 0 Å². The highest BCUT2D eigenvalue weighted by Gasteiger charge is 2.10. The minimum absolute atomic E-state index is 0.162. The van der Waals surface area contributed by atoms with E-state index in [9.17, 15) is 4.79 Å². The lowest BCUT2D eigenvalue weighted by Gasteiger charge is -2.06. The van der Waals surface area contributed by atoms with Crippen LogP contribution in [0.15, 0.2) is 39.3 Å². The highest BCUT2D eigenvalue weighted by Crippen LogP contribution is 2.28. The molecule has 0 unspecified atom stereocenters. The zero-order chi connectivity index (χ0) is 12.4. The normalized spacial score (nSPS) is 10.3. The third-order valence-corrected chi connectivity index (χ3v) is 4.36. The Kier molecular flexibility index (Phi) is 4.25. The van der Waals surface area contributed by atoms with E-state index in [1.54, 1.807) is 12.1 Å². The average molecular weight is 396 g/mol. The number of benzene rings is 1. The van der Waals surface area contributed by atoms with Gasteiger partial charge in [-0.05, 0) is 46.3 Å². The standard InChI is InChI=1S/C11H6Br2ClNOS/c12-6-1-2-8(7(13)5-6)15-11(16)9-3-4-10(14)17-9/h1-5H,(H,15,16). The van der Waals surface area contributed by atoms with Crippen molar-refractivity contribution in [3.05, 3.63) is 48.5 Å². The lowest BCUT2D eigenvalue weighted by molar-refractivity contribution is 0.103. The van der Waals surface area contributed by atoms with E-state index in [-0.39, 0.29) is 5.91 Å². The van der Waals surface area contributed by atoms with Gasteiger partial charge in [-0.25, -0.2) is 0 Å². The summed E-state index contributed by atoms with van der Waals surface area (Å²) in [6, 6.07) is 8.97. The Labute approximate surface area is 124 Å². The largest absolute Gasteiger partial charge is 0.320 e. The first-order chi connectivity index (χ1) is 8.06. The van der Waals surface area contributed by atoms with Crippen LogP contribution in [0.5, 0.6) is 0 Å². The second-order valence-electron chi connectivity index (χ2n) is 3.18. The number of amides is 1. The lowest BCUT2D eigenvalue weighted by atomic mass is 10.3. The van der Waals surface area contributed by atoms with Gasteiger partial charge in [0, 0.05) is 8.95 Å². The number of carbonyl (C=O) groups is 1. The summed E-state index contributed by atoms with van der Waals surface area (Å²) in [6.07, 6.45) is 0. The molecule has 0 saturated heterocycles. The van der Waals surface area contributed by atoms with Crippen molar-refractivity contribution in [2.45, 2.75) is 0 Å². The fourth-order valence-corrected chi connectivity index (χ4v) is 3.30. The first-order valence-electron chi connectivity index (χ1n) is 4.58. The Morgan fingerprint density at radius 3 is 2.59 bits per heavy atom. The van der Waals surface area contributed by atoms with Gasteiger partial charge in [0.15, 0.2) is 0 Å². The molecule has 2 aromatic rings. The summed E-state index contributed by atoms with van der Waals surface area (Å²) >= 11 is 13.8. The topological polar surface area (TPSA) is 29.1 Å². The van der Waals surface area contributed by atoms with E-state index in [0.29, 0.717) is 9.21 Å². The van der Waals surface area contributed by atoms with Crippen molar-refractivity contribution in [2.75, 3.05) is 5.32 Å². The zero-order valence-electron chi connectivity index (χ0n) is 8.34. The van der Waals surface area contributed by atoms with Crippen LogP contribution < -0.4 is 5.32 Å². The predicted octanol–water partition coefficient (Wildman–Crippen LogP) is 5.18. The number of nitrogens with one attached hydrogen (secondary N) is 1. The van der Waals surface area contributed by atoms with E-state index in [4.69, 9.17) is 11.6 Å². The number of hydrogen-bond donors (Lipinski definition) is 1. The van der Waals surface area contributed by atoms with Gasteiger partial charge in [-0.1, -0.05) is 27.5 Å². The van der Waals surface area contributed by atoms with Crippen LogP contribution >= 0.6 is 54.8 Å². The van der Waals surface area contributed by atoms with Gasteiger partial charge in [-0.15, -0.1) is 11.3 Å². The predicted molar refractivity (Wildman–Crippen MR) is 79.1 cm³/mol. The van der Waals surface area contributed by atoms with Gasteiger partial charge in [0.05, 0.1) is 14.9 Å². The minimum Gasteiger partial charge on any atom is -0.320 e. The van der Waals surface area contributed by atoms with Crippen LogP contribution in [0.2, 0.25) is 4.34 Å². The molecular weight excluding hydrogens is 389 g/mol. The maximum atomic E-state index is 11.9. The molecule has 17 heavy (non-hydrogen) atoms. The van der Waals surface area contributed by atoms with Crippen molar-refractivity contribution in [1.82, 2.24) is 0 Å². The Bertz CT molecular complexity index is 570. The van der Waals surface area contributed by atoms with Crippen LogP contribution in [0.4, 0.5) is 5.69 Å². The third-order valence-electron chi connectivity index (χ3n) is 1.98. The molecule has 0 saturated carbocycles. The quantitative estimate of drug-likeness (QED) is 0.746. The van der Waals surface area contributed by atoms with Crippen molar-refractivity contribution >= 4 is 66.4 Å². The number of halogens is 3. The van der Waals surface area contributed by atoms with Crippen LogP contribution in [0.3, 0.4) is 0 Å². The molecule has 88 valence electrons. The second-order valence-corrected chi connectivity index (χ2v) is 6.67. The maximum Gasteiger partial charge on any atom is 0.265 e. The number of hydrogen-bond acceptors (Lipinski definition) is 2. The molecule has 0 atom stereocenters. The fraction of sp³-hybridized carbons (Fsp3) is 0. The maximum absolute atomic E-state index is 11.9. The fourth-order valence-electron chi connectivity index (χ4n) is 1.21. The first-order valence-corrected chi connectivity index (χ1v) is 7.36. The first kappa shape index (κ1) is 13.1. The molecule has 1 N–H and O–H groups in total. The van der Waals surface area contributed by atoms with Crippen molar-refractivity contribution < 1.29 is 4.79 Å². The molecule has 1 aromatic carbocycles. The Balaban J connectivity index is 2.18. The van der Waals surface area contributed by atoms with Gasteiger partial charge in [0.2, 0.25) is 0 Å². The summed E-state index contributed by atoms with van der Waals surface area (Å²) in [7, 11) is 0. The van der Waals surface area contributed by atoms with Crippen LogP contribution in [-0.2, 0) is 0 Å². The molecule has 0 radical (unpaired) electrons. The minimum atomic E-state index is -0.162. The van der Waals surface area contributed by atoms with E-state index in [1.807, 2.05) is 18.2 Å². The van der Waals surface area contributed by atoms with Gasteiger partial charge in [0.25, 0.3) is 5.91 Å². The van der Waals surface area contributed by atoms with E-state index in [1.165, 1.54) is 11.3 Å². The molecule has 0 bridgehead atoms. The van der Waals surface area contributed by atoms with Gasteiger partial charge < -0.3 is 5.32 Å². The molecule has 0 fully saturated rings. The van der Waals surface area contributed by atoms with E-state index >= 15 is 0 Å². The van der Waals surface area contributed by atoms with Gasteiger partial charge >= 0.3 is 0 Å². The van der Waals surface area contributed by atoms with Gasteiger partial charge in [-0.3, -0.25) is 4.79 Å². The number of carbonyl (C=O) groups excluding carboxylic acids is 1. The average Bonchev–Trinajstić information content (AvgIpc) is 2.69. The van der Waals surface area contributed by atoms with Gasteiger partial charge in [0.1, 0.15) is 0 Å². The number of anilines is 1. The molecule has 1 amide bonds. The van der Waals surface area contributed by atoms with E-state index in [2.05, 4.69) is 37.2 Å². The molecule has 1 heterocycles. The Hall–Kier alpha value is -0.360. The van der Waals surface area contributed by atoms with Crippen molar-refractivity contribution in [2.24, 2.45) is 0 Å². The monoisotopic (exact) mass is 393 g/mol.